The molecule has 0 aliphatic heterocycles. The highest BCUT2D eigenvalue weighted by Crippen LogP contribution is 2.36. The van der Waals surface area contributed by atoms with E-state index in [1.54, 1.807) is 6.92 Å². The van der Waals surface area contributed by atoms with E-state index in [9.17, 15) is 9.59 Å². The Morgan fingerprint density at radius 1 is 1.26 bits per heavy atom. The summed E-state index contributed by atoms with van der Waals surface area (Å²) in [4.78, 5) is 22.9. The maximum atomic E-state index is 11.8. The highest BCUT2D eigenvalue weighted by atomic mass is 16.6. The molecule has 19 heavy (non-hydrogen) atoms. The molecule has 1 saturated carbocycles. The fourth-order valence-electron chi connectivity index (χ4n) is 2.34. The van der Waals surface area contributed by atoms with Gasteiger partial charge in [-0.3, -0.25) is 4.79 Å². The van der Waals surface area contributed by atoms with E-state index in [1.807, 2.05) is 0 Å². The minimum absolute atomic E-state index is 0.185. The van der Waals surface area contributed by atoms with E-state index in [0.717, 1.165) is 32.1 Å². The van der Waals surface area contributed by atoms with Gasteiger partial charge in [0.15, 0.2) is 0 Å². The van der Waals surface area contributed by atoms with Crippen LogP contribution in [0, 0.1) is 0 Å². The lowest BCUT2D eigenvalue weighted by Crippen LogP contribution is -2.31. The minimum atomic E-state index is -0.408. The van der Waals surface area contributed by atoms with Gasteiger partial charge in [0.2, 0.25) is 0 Å². The third-order valence-corrected chi connectivity index (χ3v) is 3.60. The molecule has 0 heterocycles. The van der Waals surface area contributed by atoms with Crippen LogP contribution in [0.15, 0.2) is 12.2 Å². The number of rotatable bonds is 7. The van der Waals surface area contributed by atoms with Gasteiger partial charge >= 0.3 is 11.9 Å². The lowest BCUT2D eigenvalue weighted by Gasteiger charge is -2.27. The highest BCUT2D eigenvalue weighted by molar-refractivity contribution is 5.86. The fourth-order valence-corrected chi connectivity index (χ4v) is 2.34. The monoisotopic (exact) mass is 268 g/mol. The first-order chi connectivity index (χ1) is 8.99. The number of carbonyl (C=O) groups excluding carboxylic acids is 2. The Morgan fingerprint density at radius 3 is 2.42 bits per heavy atom. The molecule has 0 bridgehead atoms. The lowest BCUT2D eigenvalue weighted by atomic mass is 9.99. The van der Waals surface area contributed by atoms with Crippen molar-refractivity contribution >= 4 is 11.9 Å². The summed E-state index contributed by atoms with van der Waals surface area (Å²) in [6.45, 7) is 7.39. The number of hydrogen-bond donors (Lipinski definition) is 0. The fraction of sp³-hybridized carbons (Fsp3) is 0.733. The van der Waals surface area contributed by atoms with Gasteiger partial charge in [-0.05, 0) is 45.4 Å². The van der Waals surface area contributed by atoms with Crippen LogP contribution in [-0.2, 0) is 19.1 Å². The second kappa shape index (κ2) is 7.31. The average molecular weight is 268 g/mol. The summed E-state index contributed by atoms with van der Waals surface area (Å²) < 4.78 is 10.5. The SMILES string of the molecule is C=C(C)C(=O)OCCCC(=O)OC1(CC)CCCC1. The van der Waals surface area contributed by atoms with Gasteiger partial charge in [-0.2, -0.15) is 0 Å². The third kappa shape index (κ3) is 5.05. The molecule has 0 atom stereocenters. The van der Waals surface area contributed by atoms with Gasteiger partial charge in [-0.25, -0.2) is 4.79 Å². The summed E-state index contributed by atoms with van der Waals surface area (Å²) in [7, 11) is 0. The van der Waals surface area contributed by atoms with Crippen LogP contribution in [0.4, 0.5) is 0 Å². The molecule has 108 valence electrons. The number of carbonyl (C=O) groups is 2. The summed E-state index contributed by atoms with van der Waals surface area (Å²) in [5.41, 5.74) is 0.143. The van der Waals surface area contributed by atoms with Crippen molar-refractivity contribution in [3.05, 3.63) is 12.2 Å². The number of ether oxygens (including phenoxy) is 2. The standard InChI is InChI=1S/C15H24O4/c1-4-15(9-5-6-10-15)19-13(16)8-7-11-18-14(17)12(2)3/h2,4-11H2,1,3H3. The van der Waals surface area contributed by atoms with Crippen LogP contribution in [-0.4, -0.2) is 24.1 Å². The van der Waals surface area contributed by atoms with Gasteiger partial charge in [0.05, 0.1) is 6.61 Å². The first-order valence-corrected chi connectivity index (χ1v) is 7.03. The third-order valence-electron chi connectivity index (χ3n) is 3.60. The Labute approximate surface area is 115 Å². The highest BCUT2D eigenvalue weighted by Gasteiger charge is 2.35. The van der Waals surface area contributed by atoms with Gasteiger partial charge in [0, 0.05) is 12.0 Å². The normalized spacial score (nSPS) is 16.9. The van der Waals surface area contributed by atoms with E-state index in [0.29, 0.717) is 18.4 Å². The summed E-state index contributed by atoms with van der Waals surface area (Å²) in [6, 6.07) is 0. The minimum Gasteiger partial charge on any atom is -0.462 e. The van der Waals surface area contributed by atoms with E-state index in [4.69, 9.17) is 9.47 Å². The van der Waals surface area contributed by atoms with E-state index in [1.165, 1.54) is 0 Å². The summed E-state index contributed by atoms with van der Waals surface area (Å²) >= 11 is 0. The Kier molecular flexibility index (Phi) is 6.06. The second-order valence-electron chi connectivity index (χ2n) is 5.24. The summed E-state index contributed by atoms with van der Waals surface area (Å²) in [5.74, 6) is -0.593. The zero-order valence-electron chi connectivity index (χ0n) is 12.0. The molecule has 4 nitrogen and oxygen atoms in total. The zero-order valence-corrected chi connectivity index (χ0v) is 12.0. The van der Waals surface area contributed by atoms with Gasteiger partial charge in [-0.1, -0.05) is 13.5 Å². The van der Waals surface area contributed by atoms with Crippen molar-refractivity contribution in [2.75, 3.05) is 6.61 Å². The molecular weight excluding hydrogens is 244 g/mol. The molecule has 1 fully saturated rings. The first-order valence-electron chi connectivity index (χ1n) is 7.03. The molecule has 0 unspecified atom stereocenters. The van der Waals surface area contributed by atoms with Crippen LogP contribution in [0.3, 0.4) is 0 Å². The Hall–Kier alpha value is -1.32. The van der Waals surface area contributed by atoms with Crippen molar-refractivity contribution < 1.29 is 19.1 Å². The van der Waals surface area contributed by atoms with Crippen LogP contribution in [0.25, 0.3) is 0 Å². The van der Waals surface area contributed by atoms with Crippen LogP contribution >= 0.6 is 0 Å². The van der Waals surface area contributed by atoms with Crippen LogP contribution < -0.4 is 0 Å². The smallest absolute Gasteiger partial charge is 0.333 e. The average Bonchev–Trinajstić information content (AvgIpc) is 2.83. The summed E-state index contributed by atoms with van der Waals surface area (Å²) in [5, 5.41) is 0. The van der Waals surface area contributed by atoms with E-state index in [2.05, 4.69) is 13.5 Å². The Morgan fingerprint density at radius 2 is 1.89 bits per heavy atom. The molecule has 0 radical (unpaired) electrons. The van der Waals surface area contributed by atoms with Crippen molar-refractivity contribution in [3.63, 3.8) is 0 Å². The van der Waals surface area contributed by atoms with Crippen molar-refractivity contribution in [3.8, 4) is 0 Å². The molecule has 1 aliphatic rings. The van der Waals surface area contributed by atoms with Crippen molar-refractivity contribution in [1.82, 2.24) is 0 Å². The number of hydrogen-bond acceptors (Lipinski definition) is 4. The maximum absolute atomic E-state index is 11.8. The van der Waals surface area contributed by atoms with Gasteiger partial charge in [-0.15, -0.1) is 0 Å². The molecule has 0 saturated heterocycles. The maximum Gasteiger partial charge on any atom is 0.333 e. The molecule has 0 amide bonds. The van der Waals surface area contributed by atoms with Crippen molar-refractivity contribution in [2.45, 2.75) is 64.4 Å². The molecule has 0 aromatic rings. The van der Waals surface area contributed by atoms with Crippen LogP contribution in [0.5, 0.6) is 0 Å². The largest absolute Gasteiger partial charge is 0.462 e. The van der Waals surface area contributed by atoms with E-state index in [-0.39, 0.29) is 18.2 Å². The van der Waals surface area contributed by atoms with Gasteiger partial charge < -0.3 is 9.47 Å². The lowest BCUT2D eigenvalue weighted by molar-refractivity contribution is -0.160. The molecule has 1 rings (SSSR count). The molecule has 0 spiro atoms. The molecule has 4 heteroatoms. The molecule has 0 N–H and O–H groups in total. The van der Waals surface area contributed by atoms with Gasteiger partial charge in [0.25, 0.3) is 0 Å². The van der Waals surface area contributed by atoms with Crippen molar-refractivity contribution in [2.24, 2.45) is 0 Å². The van der Waals surface area contributed by atoms with Crippen LogP contribution in [0.2, 0.25) is 0 Å². The molecule has 0 aromatic heterocycles. The topological polar surface area (TPSA) is 52.6 Å². The Bertz CT molecular complexity index is 340. The quantitative estimate of drug-likeness (QED) is 0.404. The second-order valence-corrected chi connectivity index (χ2v) is 5.24. The first kappa shape index (κ1) is 15.7. The molecule has 0 aromatic carbocycles. The van der Waals surface area contributed by atoms with Crippen molar-refractivity contribution in [1.29, 1.82) is 0 Å². The predicted molar refractivity (Wildman–Crippen MR) is 72.6 cm³/mol. The Balaban J connectivity index is 2.21. The van der Waals surface area contributed by atoms with E-state index < -0.39 is 5.97 Å². The zero-order chi connectivity index (χ0) is 14.3. The summed E-state index contributed by atoms with van der Waals surface area (Å²) in [6.07, 6.45) is 5.89. The van der Waals surface area contributed by atoms with Crippen LogP contribution in [0.1, 0.15) is 58.8 Å². The molecular formula is C15H24O4. The molecule has 1 aliphatic carbocycles. The van der Waals surface area contributed by atoms with Gasteiger partial charge in [0.1, 0.15) is 5.60 Å². The van der Waals surface area contributed by atoms with E-state index >= 15 is 0 Å². The predicted octanol–water partition coefficient (Wildman–Crippen LogP) is 3.15. The number of esters is 2.